The lowest BCUT2D eigenvalue weighted by molar-refractivity contribution is -0.167. The van der Waals surface area contributed by atoms with Crippen LogP contribution in [-0.2, 0) is 28.6 Å². The van der Waals surface area contributed by atoms with Crippen LogP contribution in [0.25, 0.3) is 0 Å². The molecule has 0 aromatic carbocycles. The monoisotopic (exact) mass is 1140 g/mol. The van der Waals surface area contributed by atoms with Crippen molar-refractivity contribution in [1.29, 1.82) is 0 Å². The summed E-state index contributed by atoms with van der Waals surface area (Å²) in [6.45, 7) is 6.48. The molecule has 1 unspecified atom stereocenters. The van der Waals surface area contributed by atoms with Crippen LogP contribution in [0.4, 0.5) is 0 Å². The smallest absolute Gasteiger partial charge is 0.306 e. The van der Waals surface area contributed by atoms with Gasteiger partial charge in [-0.3, -0.25) is 14.4 Å². The summed E-state index contributed by atoms with van der Waals surface area (Å²) < 4.78 is 16.8. The lowest BCUT2D eigenvalue weighted by atomic mass is 10.0. The van der Waals surface area contributed by atoms with Crippen molar-refractivity contribution in [2.45, 2.75) is 341 Å². The van der Waals surface area contributed by atoms with Gasteiger partial charge in [-0.15, -0.1) is 0 Å². The Morgan fingerprint density at radius 1 is 0.256 bits per heavy atom. The topological polar surface area (TPSA) is 78.9 Å². The second kappa shape index (κ2) is 69.6. The molecule has 0 saturated heterocycles. The van der Waals surface area contributed by atoms with Crippen LogP contribution in [0.1, 0.15) is 335 Å². The highest BCUT2D eigenvalue weighted by Gasteiger charge is 2.19. The molecule has 0 bridgehead atoms. The van der Waals surface area contributed by atoms with E-state index in [1.165, 1.54) is 186 Å². The van der Waals surface area contributed by atoms with Gasteiger partial charge in [0.15, 0.2) is 6.10 Å². The average Bonchev–Trinajstić information content (AvgIpc) is 3.47. The Labute approximate surface area is 508 Å². The molecule has 82 heavy (non-hydrogen) atoms. The Hall–Kier alpha value is -3.93. The Morgan fingerprint density at radius 3 is 0.744 bits per heavy atom. The summed E-state index contributed by atoms with van der Waals surface area (Å²) in [5, 5.41) is 0. The summed E-state index contributed by atoms with van der Waals surface area (Å²) in [4.78, 5) is 38.1. The molecule has 6 nitrogen and oxygen atoms in total. The van der Waals surface area contributed by atoms with Crippen molar-refractivity contribution in [1.82, 2.24) is 0 Å². The van der Waals surface area contributed by atoms with E-state index in [1.54, 1.807) is 0 Å². The van der Waals surface area contributed by atoms with Crippen molar-refractivity contribution in [3.05, 3.63) is 109 Å². The second-order valence-electron chi connectivity index (χ2n) is 23.1. The molecular weight excluding hydrogens is 1010 g/mol. The Kier molecular flexibility index (Phi) is 66.2. The SMILES string of the molecule is CC/C=C\C/C=C\C/C=C\C/C=C\C/C=C\C/C=C\CCCCCCCCCCCCC(=O)OCC(COC(=O)CCCCCCCC)OC(=O)CCCCCCCCCCCCCCCC/C=C\C/C=C\C/C=C\CCCCCCC. The fourth-order valence-corrected chi connectivity index (χ4v) is 9.81. The zero-order valence-corrected chi connectivity index (χ0v) is 54.0. The molecule has 0 aromatic heterocycles. The summed E-state index contributed by atoms with van der Waals surface area (Å²) in [5.74, 6) is -0.882. The lowest BCUT2D eigenvalue weighted by Gasteiger charge is -2.18. The largest absolute Gasteiger partial charge is 0.462 e. The van der Waals surface area contributed by atoms with Gasteiger partial charge in [-0.05, 0) is 109 Å². The van der Waals surface area contributed by atoms with E-state index in [-0.39, 0.29) is 31.1 Å². The molecule has 0 fully saturated rings. The molecular formula is C76H130O6. The minimum atomic E-state index is -0.779. The van der Waals surface area contributed by atoms with E-state index in [0.29, 0.717) is 19.3 Å². The highest BCUT2D eigenvalue weighted by molar-refractivity contribution is 5.71. The molecule has 0 aliphatic carbocycles. The van der Waals surface area contributed by atoms with Crippen LogP contribution >= 0.6 is 0 Å². The number of hydrogen-bond donors (Lipinski definition) is 0. The van der Waals surface area contributed by atoms with Crippen molar-refractivity contribution in [2.75, 3.05) is 13.2 Å². The number of rotatable bonds is 63. The Bertz CT molecular complexity index is 1640. The molecule has 0 spiro atoms. The van der Waals surface area contributed by atoms with Crippen LogP contribution in [-0.4, -0.2) is 37.2 Å². The van der Waals surface area contributed by atoms with E-state index < -0.39 is 6.10 Å². The molecule has 0 amide bonds. The van der Waals surface area contributed by atoms with Gasteiger partial charge in [0.2, 0.25) is 0 Å². The summed E-state index contributed by atoms with van der Waals surface area (Å²) >= 11 is 0. The summed E-state index contributed by atoms with van der Waals surface area (Å²) in [6.07, 6.45) is 95.8. The summed E-state index contributed by atoms with van der Waals surface area (Å²) in [6, 6.07) is 0. The van der Waals surface area contributed by atoms with Gasteiger partial charge in [0.1, 0.15) is 13.2 Å². The average molecular weight is 1140 g/mol. The normalized spacial score (nSPS) is 12.8. The molecule has 0 N–H and O–H groups in total. The molecule has 470 valence electrons. The fraction of sp³-hybridized carbons (Fsp3) is 0.724. The maximum atomic E-state index is 12.9. The zero-order chi connectivity index (χ0) is 59.2. The van der Waals surface area contributed by atoms with Gasteiger partial charge >= 0.3 is 17.9 Å². The van der Waals surface area contributed by atoms with Gasteiger partial charge < -0.3 is 14.2 Å². The van der Waals surface area contributed by atoms with Crippen molar-refractivity contribution >= 4 is 17.9 Å². The molecule has 0 saturated carbocycles. The molecule has 0 aliphatic rings. The minimum Gasteiger partial charge on any atom is -0.462 e. The van der Waals surface area contributed by atoms with E-state index in [2.05, 4.69) is 130 Å². The molecule has 6 heteroatoms. The van der Waals surface area contributed by atoms with Crippen LogP contribution < -0.4 is 0 Å². The third-order valence-corrected chi connectivity index (χ3v) is 15.0. The number of carbonyl (C=O) groups is 3. The highest BCUT2D eigenvalue weighted by Crippen LogP contribution is 2.17. The minimum absolute atomic E-state index is 0.0778. The van der Waals surface area contributed by atoms with Crippen LogP contribution in [0.15, 0.2) is 109 Å². The summed E-state index contributed by atoms with van der Waals surface area (Å²) in [5.41, 5.74) is 0. The van der Waals surface area contributed by atoms with Crippen LogP contribution in [0.2, 0.25) is 0 Å². The first-order valence-corrected chi connectivity index (χ1v) is 34.9. The molecule has 1 atom stereocenters. The number of hydrogen-bond acceptors (Lipinski definition) is 6. The third-order valence-electron chi connectivity index (χ3n) is 15.0. The van der Waals surface area contributed by atoms with E-state index in [0.717, 1.165) is 109 Å². The predicted octanol–water partition coefficient (Wildman–Crippen LogP) is 24.2. The van der Waals surface area contributed by atoms with E-state index in [9.17, 15) is 14.4 Å². The molecule has 0 aliphatic heterocycles. The number of ether oxygens (including phenoxy) is 3. The van der Waals surface area contributed by atoms with Gasteiger partial charge in [-0.25, -0.2) is 0 Å². The first-order chi connectivity index (χ1) is 40.5. The van der Waals surface area contributed by atoms with Crippen molar-refractivity contribution in [3.8, 4) is 0 Å². The quantitative estimate of drug-likeness (QED) is 0.0261. The number of esters is 3. The lowest BCUT2D eigenvalue weighted by Crippen LogP contribution is -2.30. The van der Waals surface area contributed by atoms with Gasteiger partial charge in [0.25, 0.3) is 0 Å². The molecule has 0 aromatic rings. The standard InChI is InChI=1S/C76H130O6/c1-4-7-10-13-16-18-20-22-24-26-28-30-32-34-36-38-40-42-44-46-48-50-52-54-56-58-60-63-66-69-75(78)81-72-73(71-80-74(77)68-65-62-15-12-9-6-3)82-76(79)70-67-64-61-59-57-55-53-51-49-47-45-43-41-39-37-35-33-31-29-27-25-23-21-19-17-14-11-8-5-2/h7,10,16,18,21-24,27-30,33-36,40,42,73H,4-6,8-9,11-15,17,19-20,25-26,31-32,37-39,41,43-72H2,1-3H3/b10-7-,18-16-,23-21-,24-22-,29-27-,30-28-,35-33-,36-34-,42-40-. The van der Waals surface area contributed by atoms with Gasteiger partial charge in [-0.2, -0.15) is 0 Å². The van der Waals surface area contributed by atoms with Crippen LogP contribution in [0, 0.1) is 0 Å². The van der Waals surface area contributed by atoms with Crippen molar-refractivity contribution in [3.63, 3.8) is 0 Å². The molecule has 0 heterocycles. The first-order valence-electron chi connectivity index (χ1n) is 34.9. The Morgan fingerprint density at radius 2 is 0.476 bits per heavy atom. The van der Waals surface area contributed by atoms with Crippen molar-refractivity contribution < 1.29 is 28.6 Å². The first kappa shape index (κ1) is 78.1. The second-order valence-corrected chi connectivity index (χ2v) is 23.1. The molecule has 0 rings (SSSR count). The summed E-state index contributed by atoms with van der Waals surface area (Å²) in [7, 11) is 0. The van der Waals surface area contributed by atoms with E-state index in [4.69, 9.17) is 14.2 Å². The van der Waals surface area contributed by atoms with Crippen LogP contribution in [0.5, 0.6) is 0 Å². The third kappa shape index (κ3) is 66.9. The highest BCUT2D eigenvalue weighted by atomic mass is 16.6. The number of carbonyl (C=O) groups excluding carboxylic acids is 3. The maximum absolute atomic E-state index is 12.9. The van der Waals surface area contributed by atoms with Gasteiger partial charge in [0.05, 0.1) is 0 Å². The predicted molar refractivity (Wildman–Crippen MR) is 357 cm³/mol. The van der Waals surface area contributed by atoms with E-state index >= 15 is 0 Å². The number of allylic oxidation sites excluding steroid dienone is 18. The van der Waals surface area contributed by atoms with Crippen LogP contribution in [0.3, 0.4) is 0 Å². The number of unbranched alkanes of at least 4 members (excludes halogenated alkanes) is 34. The maximum Gasteiger partial charge on any atom is 0.306 e. The zero-order valence-electron chi connectivity index (χ0n) is 54.0. The fourth-order valence-electron chi connectivity index (χ4n) is 9.81. The van der Waals surface area contributed by atoms with Gasteiger partial charge in [-0.1, -0.05) is 316 Å². The van der Waals surface area contributed by atoms with E-state index in [1.807, 2.05) is 0 Å². The molecule has 0 radical (unpaired) electrons. The van der Waals surface area contributed by atoms with Gasteiger partial charge in [0, 0.05) is 19.3 Å². The Balaban J connectivity index is 4.06. The van der Waals surface area contributed by atoms with Crippen molar-refractivity contribution in [2.24, 2.45) is 0 Å².